The fraction of sp³-hybridized carbons (Fsp3) is 0.235. The van der Waals surface area contributed by atoms with Gasteiger partial charge in [-0.3, -0.25) is 0 Å². The fourth-order valence-electron chi connectivity index (χ4n) is 2.74. The zero-order chi connectivity index (χ0) is 18.8. The standard InChI is InChI=1S/C17H18N2O7/c1-23-13-3-8(4-14(24-2)16(13)21)15(19-17(18)22)9-5-11-12(6-10(9)20)26-7-25-11/h3-6,15,20-21H,7H2,1-2H3,(H3,18,19,22)/t15-/m0/s1. The van der Waals surface area contributed by atoms with Crippen LogP contribution in [0.4, 0.5) is 4.79 Å². The molecule has 2 aromatic rings. The number of rotatable bonds is 5. The molecular weight excluding hydrogens is 344 g/mol. The lowest BCUT2D eigenvalue weighted by Gasteiger charge is -2.22. The van der Waals surface area contributed by atoms with E-state index in [1.807, 2.05) is 0 Å². The first kappa shape index (κ1) is 17.3. The van der Waals surface area contributed by atoms with E-state index >= 15 is 0 Å². The van der Waals surface area contributed by atoms with Gasteiger partial charge >= 0.3 is 6.03 Å². The van der Waals surface area contributed by atoms with Gasteiger partial charge in [-0.05, 0) is 23.8 Å². The van der Waals surface area contributed by atoms with E-state index in [2.05, 4.69) is 5.32 Å². The smallest absolute Gasteiger partial charge is 0.312 e. The van der Waals surface area contributed by atoms with Crippen LogP contribution in [0.25, 0.3) is 0 Å². The number of carbonyl (C=O) groups excluding carboxylic acids is 1. The molecule has 1 aliphatic rings. The largest absolute Gasteiger partial charge is 0.507 e. The molecule has 138 valence electrons. The van der Waals surface area contributed by atoms with Crippen molar-refractivity contribution in [1.82, 2.24) is 5.32 Å². The van der Waals surface area contributed by atoms with E-state index in [1.54, 1.807) is 6.07 Å². The molecule has 5 N–H and O–H groups in total. The molecule has 2 aromatic carbocycles. The summed E-state index contributed by atoms with van der Waals surface area (Å²) in [6.45, 7) is 0.0347. The Hall–Kier alpha value is -3.49. The molecule has 9 nitrogen and oxygen atoms in total. The number of nitrogens with two attached hydrogens (primary N) is 1. The Bertz CT molecular complexity index is 828. The molecular formula is C17H18N2O7. The molecule has 9 heteroatoms. The topological polar surface area (TPSA) is 132 Å². The minimum Gasteiger partial charge on any atom is -0.507 e. The van der Waals surface area contributed by atoms with Gasteiger partial charge in [0.05, 0.1) is 20.3 Å². The Balaban J connectivity index is 2.15. The summed E-state index contributed by atoms with van der Waals surface area (Å²) in [4.78, 5) is 11.5. The summed E-state index contributed by atoms with van der Waals surface area (Å²) in [6, 6.07) is 4.28. The van der Waals surface area contributed by atoms with Gasteiger partial charge in [0.1, 0.15) is 5.75 Å². The second kappa shape index (κ2) is 6.79. The zero-order valence-corrected chi connectivity index (χ0v) is 14.1. The van der Waals surface area contributed by atoms with E-state index in [0.29, 0.717) is 22.6 Å². The van der Waals surface area contributed by atoms with Gasteiger partial charge in [-0.15, -0.1) is 0 Å². The highest BCUT2D eigenvalue weighted by Crippen LogP contribution is 2.44. The number of aromatic hydroxyl groups is 2. The number of carbonyl (C=O) groups is 1. The molecule has 0 unspecified atom stereocenters. The summed E-state index contributed by atoms with van der Waals surface area (Å²) in [5.74, 6) is 0.772. The summed E-state index contributed by atoms with van der Waals surface area (Å²) >= 11 is 0. The van der Waals surface area contributed by atoms with E-state index in [-0.39, 0.29) is 29.8 Å². The van der Waals surface area contributed by atoms with Gasteiger partial charge in [0.25, 0.3) is 0 Å². The van der Waals surface area contributed by atoms with Gasteiger partial charge in [-0.2, -0.15) is 0 Å². The zero-order valence-electron chi connectivity index (χ0n) is 14.1. The number of methoxy groups -OCH3 is 2. The molecule has 0 aliphatic carbocycles. The molecule has 0 radical (unpaired) electrons. The molecule has 0 spiro atoms. The molecule has 0 bridgehead atoms. The van der Waals surface area contributed by atoms with Crippen molar-refractivity contribution in [2.75, 3.05) is 21.0 Å². The van der Waals surface area contributed by atoms with Crippen molar-refractivity contribution in [3.05, 3.63) is 35.4 Å². The Morgan fingerprint density at radius 1 is 1.12 bits per heavy atom. The van der Waals surface area contributed by atoms with Gasteiger partial charge in [0.15, 0.2) is 23.0 Å². The Kier molecular flexibility index (Phi) is 4.53. The maximum absolute atomic E-state index is 11.5. The van der Waals surface area contributed by atoms with E-state index in [0.717, 1.165) is 0 Å². The van der Waals surface area contributed by atoms with Crippen molar-refractivity contribution in [2.24, 2.45) is 5.73 Å². The number of benzene rings is 2. The number of phenolic OH excluding ortho intramolecular Hbond substituents is 2. The van der Waals surface area contributed by atoms with Crippen molar-refractivity contribution in [3.8, 4) is 34.5 Å². The summed E-state index contributed by atoms with van der Waals surface area (Å²) in [7, 11) is 2.76. The summed E-state index contributed by atoms with van der Waals surface area (Å²) < 4.78 is 20.8. The van der Waals surface area contributed by atoms with Crippen LogP contribution >= 0.6 is 0 Å². The SMILES string of the molecule is COc1cc([C@H](NC(N)=O)c2cc3c(cc2O)OCO3)cc(OC)c1O. The van der Waals surface area contributed by atoms with E-state index in [4.69, 9.17) is 24.7 Å². The van der Waals surface area contributed by atoms with Crippen LogP contribution in [-0.4, -0.2) is 37.3 Å². The maximum atomic E-state index is 11.5. The predicted molar refractivity (Wildman–Crippen MR) is 90.0 cm³/mol. The van der Waals surface area contributed by atoms with Crippen molar-refractivity contribution in [3.63, 3.8) is 0 Å². The molecule has 2 amide bonds. The number of hydrogen-bond donors (Lipinski definition) is 4. The second-order valence-corrected chi connectivity index (χ2v) is 5.48. The molecule has 1 aliphatic heterocycles. The van der Waals surface area contributed by atoms with E-state index in [9.17, 15) is 15.0 Å². The number of nitrogens with one attached hydrogen (secondary N) is 1. The highest BCUT2D eigenvalue weighted by Gasteiger charge is 2.26. The first-order valence-corrected chi connectivity index (χ1v) is 7.58. The second-order valence-electron chi connectivity index (χ2n) is 5.48. The highest BCUT2D eigenvalue weighted by molar-refractivity contribution is 5.73. The van der Waals surface area contributed by atoms with Crippen LogP contribution in [0.2, 0.25) is 0 Å². The van der Waals surface area contributed by atoms with Gasteiger partial charge in [0.2, 0.25) is 12.5 Å². The van der Waals surface area contributed by atoms with Crippen molar-refractivity contribution in [2.45, 2.75) is 6.04 Å². The molecule has 0 saturated carbocycles. The minimum absolute atomic E-state index is 0.0347. The molecule has 0 fully saturated rings. The molecule has 0 saturated heterocycles. The summed E-state index contributed by atoms with van der Waals surface area (Å²) in [5, 5.41) is 23.0. The molecule has 26 heavy (non-hydrogen) atoms. The lowest BCUT2D eigenvalue weighted by molar-refractivity contribution is 0.174. The Morgan fingerprint density at radius 3 is 2.23 bits per heavy atom. The molecule has 0 aromatic heterocycles. The van der Waals surface area contributed by atoms with Gasteiger partial charge in [0, 0.05) is 11.6 Å². The summed E-state index contributed by atoms with van der Waals surface area (Å²) in [5.41, 5.74) is 6.09. The average molecular weight is 362 g/mol. The lowest BCUT2D eigenvalue weighted by Crippen LogP contribution is -2.33. The first-order chi connectivity index (χ1) is 12.4. The number of phenols is 2. The molecule has 1 atom stereocenters. The molecule has 1 heterocycles. The van der Waals surface area contributed by atoms with Gasteiger partial charge in [-0.1, -0.05) is 0 Å². The third-order valence-electron chi connectivity index (χ3n) is 3.95. The Morgan fingerprint density at radius 2 is 1.69 bits per heavy atom. The normalized spacial score (nSPS) is 13.2. The first-order valence-electron chi connectivity index (χ1n) is 7.58. The van der Waals surface area contributed by atoms with Crippen LogP contribution in [0, 0.1) is 0 Å². The fourth-order valence-corrected chi connectivity index (χ4v) is 2.74. The number of fused-ring (bicyclic) bond motifs is 1. The predicted octanol–water partition coefficient (Wildman–Crippen LogP) is 1.60. The van der Waals surface area contributed by atoms with Crippen LogP contribution in [0.1, 0.15) is 17.2 Å². The summed E-state index contributed by atoms with van der Waals surface area (Å²) in [6.07, 6.45) is 0. The number of urea groups is 1. The number of primary amides is 1. The van der Waals surface area contributed by atoms with Crippen molar-refractivity contribution in [1.29, 1.82) is 0 Å². The maximum Gasteiger partial charge on any atom is 0.312 e. The number of ether oxygens (including phenoxy) is 4. The quantitative estimate of drug-likeness (QED) is 0.635. The third-order valence-corrected chi connectivity index (χ3v) is 3.95. The van der Waals surface area contributed by atoms with Gasteiger partial charge < -0.3 is 40.2 Å². The highest BCUT2D eigenvalue weighted by atomic mass is 16.7. The van der Waals surface area contributed by atoms with Crippen LogP contribution in [-0.2, 0) is 0 Å². The average Bonchev–Trinajstić information content (AvgIpc) is 3.06. The van der Waals surface area contributed by atoms with Crippen LogP contribution in [0.15, 0.2) is 24.3 Å². The van der Waals surface area contributed by atoms with Crippen molar-refractivity contribution < 1.29 is 34.0 Å². The number of amides is 2. The monoisotopic (exact) mass is 362 g/mol. The van der Waals surface area contributed by atoms with Crippen molar-refractivity contribution >= 4 is 6.03 Å². The Labute approximate surface area is 148 Å². The van der Waals surface area contributed by atoms with Crippen LogP contribution < -0.4 is 30.0 Å². The lowest BCUT2D eigenvalue weighted by atomic mass is 9.96. The van der Waals surface area contributed by atoms with E-state index < -0.39 is 12.1 Å². The van der Waals surface area contributed by atoms with Crippen LogP contribution in [0.3, 0.4) is 0 Å². The van der Waals surface area contributed by atoms with Crippen LogP contribution in [0.5, 0.6) is 34.5 Å². The molecule has 3 rings (SSSR count). The van der Waals surface area contributed by atoms with E-state index in [1.165, 1.54) is 32.4 Å². The third kappa shape index (κ3) is 3.06. The number of hydrogen-bond acceptors (Lipinski definition) is 7. The minimum atomic E-state index is -0.856. The van der Waals surface area contributed by atoms with Gasteiger partial charge in [-0.25, -0.2) is 4.79 Å².